The summed E-state index contributed by atoms with van der Waals surface area (Å²) >= 11 is 0. The zero-order valence-corrected chi connectivity index (χ0v) is 12.5. The Morgan fingerprint density at radius 3 is 2.36 bits per heavy atom. The van der Waals surface area contributed by atoms with Crippen LogP contribution in [0.4, 0.5) is 5.69 Å². The molecule has 2 nitrogen and oxygen atoms in total. The molecule has 0 bridgehead atoms. The van der Waals surface area contributed by atoms with Crippen LogP contribution in [0.3, 0.4) is 0 Å². The minimum Gasteiger partial charge on any atom is -0.294 e. The van der Waals surface area contributed by atoms with E-state index >= 15 is 0 Å². The lowest BCUT2D eigenvalue weighted by Gasteiger charge is -2.04. The number of aliphatic imine (C=N–C) groups is 1. The quantitative estimate of drug-likeness (QED) is 0.478. The van der Waals surface area contributed by atoms with Crippen molar-refractivity contribution in [3.8, 4) is 0 Å². The predicted molar refractivity (Wildman–Crippen MR) is 92.1 cm³/mol. The van der Waals surface area contributed by atoms with Crippen LogP contribution in [0.2, 0.25) is 0 Å². The maximum Gasteiger partial charge on any atom is 0.168 e. The van der Waals surface area contributed by atoms with Gasteiger partial charge >= 0.3 is 0 Å². The fraction of sp³-hybridized carbons (Fsp3) is 0.100. The Morgan fingerprint density at radius 1 is 0.864 bits per heavy atom. The minimum absolute atomic E-state index is 0.0992. The first-order valence-corrected chi connectivity index (χ1v) is 7.34. The molecule has 2 heteroatoms. The molecule has 0 saturated carbocycles. The molecule has 0 heterocycles. The summed E-state index contributed by atoms with van der Waals surface area (Å²) < 4.78 is 0. The Balaban J connectivity index is 1.86. The Kier molecular flexibility index (Phi) is 4.10. The average molecular weight is 287 g/mol. The standard InChI is InChI=1S/C20H17NO/c1-15(14-20(22)17-9-3-2-4-10-17)21-19-13-7-11-16-8-5-6-12-18(16)19/h2-13H,14H2,1H3. The number of carbonyl (C=O) groups is 1. The van der Waals surface area contributed by atoms with Crippen molar-refractivity contribution in [1.29, 1.82) is 0 Å². The molecule has 0 aliphatic carbocycles. The second-order valence-electron chi connectivity index (χ2n) is 5.31. The molecule has 0 saturated heterocycles. The molecule has 3 aromatic carbocycles. The van der Waals surface area contributed by atoms with Gasteiger partial charge < -0.3 is 0 Å². The SMILES string of the molecule is CC(CC(=O)c1ccccc1)=Nc1cccc2ccccc12. The fourth-order valence-corrected chi connectivity index (χ4v) is 2.51. The molecule has 0 amide bonds. The zero-order valence-electron chi connectivity index (χ0n) is 12.5. The Hall–Kier alpha value is -2.74. The summed E-state index contributed by atoms with van der Waals surface area (Å²) in [4.78, 5) is 16.9. The van der Waals surface area contributed by atoms with Crippen LogP contribution in [0.1, 0.15) is 23.7 Å². The molecular formula is C20H17NO. The third kappa shape index (κ3) is 3.12. The minimum atomic E-state index is 0.0992. The van der Waals surface area contributed by atoms with E-state index in [0.29, 0.717) is 6.42 Å². The van der Waals surface area contributed by atoms with Crippen LogP contribution in [0.5, 0.6) is 0 Å². The first kappa shape index (κ1) is 14.2. The highest BCUT2D eigenvalue weighted by molar-refractivity contribution is 6.10. The molecule has 0 aliphatic rings. The van der Waals surface area contributed by atoms with Crippen molar-refractivity contribution in [3.63, 3.8) is 0 Å². The number of rotatable bonds is 4. The van der Waals surface area contributed by atoms with Crippen molar-refractivity contribution in [3.05, 3.63) is 78.4 Å². The largest absolute Gasteiger partial charge is 0.294 e. The van der Waals surface area contributed by atoms with Crippen molar-refractivity contribution in [1.82, 2.24) is 0 Å². The van der Waals surface area contributed by atoms with Gasteiger partial charge in [-0.2, -0.15) is 0 Å². The van der Waals surface area contributed by atoms with Crippen molar-refractivity contribution in [2.45, 2.75) is 13.3 Å². The highest BCUT2D eigenvalue weighted by Crippen LogP contribution is 2.26. The van der Waals surface area contributed by atoms with Crippen LogP contribution < -0.4 is 0 Å². The van der Waals surface area contributed by atoms with Crippen molar-refractivity contribution >= 4 is 28.0 Å². The first-order valence-electron chi connectivity index (χ1n) is 7.34. The lowest BCUT2D eigenvalue weighted by molar-refractivity contribution is 0.100. The summed E-state index contributed by atoms with van der Waals surface area (Å²) in [7, 11) is 0. The van der Waals surface area contributed by atoms with Crippen LogP contribution in [-0.2, 0) is 0 Å². The van der Waals surface area contributed by atoms with Crippen LogP contribution in [0, 0.1) is 0 Å². The molecule has 0 aliphatic heterocycles. The molecule has 0 unspecified atom stereocenters. The molecule has 0 spiro atoms. The third-order valence-corrected chi connectivity index (χ3v) is 3.59. The van der Waals surface area contributed by atoms with Gasteiger partial charge in [-0.1, -0.05) is 66.7 Å². The van der Waals surface area contributed by atoms with E-state index in [1.807, 2.05) is 61.5 Å². The molecule has 0 N–H and O–H groups in total. The lowest BCUT2D eigenvalue weighted by atomic mass is 10.1. The summed E-state index contributed by atoms with van der Waals surface area (Å²) in [6.45, 7) is 1.91. The van der Waals surface area contributed by atoms with Gasteiger partial charge in [0.25, 0.3) is 0 Å². The number of hydrogen-bond acceptors (Lipinski definition) is 2. The van der Waals surface area contributed by atoms with E-state index in [9.17, 15) is 4.79 Å². The summed E-state index contributed by atoms with van der Waals surface area (Å²) in [6.07, 6.45) is 0.341. The number of ketones is 1. The van der Waals surface area contributed by atoms with E-state index in [1.165, 1.54) is 0 Å². The second kappa shape index (κ2) is 6.35. The van der Waals surface area contributed by atoms with Gasteiger partial charge in [0, 0.05) is 23.1 Å². The van der Waals surface area contributed by atoms with Gasteiger partial charge in [0.1, 0.15) is 0 Å². The van der Waals surface area contributed by atoms with E-state index in [4.69, 9.17) is 0 Å². The highest BCUT2D eigenvalue weighted by atomic mass is 16.1. The number of fused-ring (bicyclic) bond motifs is 1. The maximum absolute atomic E-state index is 12.2. The number of nitrogens with zero attached hydrogens (tertiary/aromatic N) is 1. The summed E-state index contributed by atoms with van der Waals surface area (Å²) in [6, 6.07) is 23.5. The lowest BCUT2D eigenvalue weighted by Crippen LogP contribution is -2.04. The molecule has 3 aromatic rings. The molecule has 22 heavy (non-hydrogen) atoms. The normalized spacial score (nSPS) is 11.6. The third-order valence-electron chi connectivity index (χ3n) is 3.59. The van der Waals surface area contributed by atoms with Gasteiger partial charge in [0.2, 0.25) is 0 Å². The number of hydrogen-bond donors (Lipinski definition) is 0. The predicted octanol–water partition coefficient (Wildman–Crippen LogP) is 5.21. The number of carbonyl (C=O) groups excluding carboxylic acids is 1. The van der Waals surface area contributed by atoms with Crippen LogP contribution in [0.25, 0.3) is 10.8 Å². The number of benzene rings is 3. The van der Waals surface area contributed by atoms with Crippen molar-refractivity contribution in [2.24, 2.45) is 4.99 Å². The van der Waals surface area contributed by atoms with E-state index < -0.39 is 0 Å². The summed E-state index contributed by atoms with van der Waals surface area (Å²) in [5, 5.41) is 2.27. The first-order chi connectivity index (χ1) is 10.7. The molecule has 0 aromatic heterocycles. The Morgan fingerprint density at radius 2 is 1.55 bits per heavy atom. The fourth-order valence-electron chi connectivity index (χ4n) is 2.51. The van der Waals surface area contributed by atoms with Gasteiger partial charge in [-0.15, -0.1) is 0 Å². The van der Waals surface area contributed by atoms with E-state index in [-0.39, 0.29) is 5.78 Å². The molecule has 3 rings (SSSR count). The summed E-state index contributed by atoms with van der Waals surface area (Å²) in [5.41, 5.74) is 2.47. The molecule has 108 valence electrons. The summed E-state index contributed by atoms with van der Waals surface area (Å²) in [5.74, 6) is 0.0992. The van der Waals surface area contributed by atoms with Gasteiger partial charge in [-0.25, -0.2) is 0 Å². The van der Waals surface area contributed by atoms with Crippen LogP contribution in [0.15, 0.2) is 77.8 Å². The monoisotopic (exact) mass is 287 g/mol. The Bertz CT molecular complexity index is 829. The van der Waals surface area contributed by atoms with Gasteiger partial charge in [0.15, 0.2) is 5.78 Å². The van der Waals surface area contributed by atoms with Crippen molar-refractivity contribution in [2.75, 3.05) is 0 Å². The molecule has 0 fully saturated rings. The topological polar surface area (TPSA) is 29.4 Å². The van der Waals surface area contributed by atoms with Gasteiger partial charge in [-0.3, -0.25) is 9.79 Å². The van der Waals surface area contributed by atoms with Crippen LogP contribution in [-0.4, -0.2) is 11.5 Å². The van der Waals surface area contributed by atoms with Crippen LogP contribution >= 0.6 is 0 Å². The van der Waals surface area contributed by atoms with Gasteiger partial charge in [0.05, 0.1) is 5.69 Å². The molecule has 0 atom stereocenters. The Labute approximate surface area is 130 Å². The molecule has 0 radical (unpaired) electrons. The van der Waals surface area contributed by atoms with Gasteiger partial charge in [-0.05, 0) is 18.4 Å². The smallest absolute Gasteiger partial charge is 0.168 e. The molecular weight excluding hydrogens is 270 g/mol. The average Bonchev–Trinajstić information content (AvgIpc) is 2.56. The maximum atomic E-state index is 12.2. The van der Waals surface area contributed by atoms with Crippen molar-refractivity contribution < 1.29 is 4.79 Å². The van der Waals surface area contributed by atoms with E-state index in [1.54, 1.807) is 0 Å². The second-order valence-corrected chi connectivity index (χ2v) is 5.31. The van der Waals surface area contributed by atoms with E-state index in [2.05, 4.69) is 23.2 Å². The highest BCUT2D eigenvalue weighted by Gasteiger charge is 2.07. The number of Topliss-reactive ketones (excluding diaryl/α,β-unsaturated/α-hetero) is 1. The zero-order chi connectivity index (χ0) is 15.4. The van der Waals surface area contributed by atoms with E-state index in [0.717, 1.165) is 27.7 Å².